The molecular weight excluding hydrogens is 312 g/mol. The van der Waals surface area contributed by atoms with Gasteiger partial charge in [0.1, 0.15) is 0 Å². The second-order valence-electron chi connectivity index (χ2n) is 6.28. The number of hydrogen-bond acceptors (Lipinski definition) is 3. The Morgan fingerprint density at radius 3 is 2.48 bits per heavy atom. The van der Waals surface area contributed by atoms with E-state index in [1.807, 2.05) is 43.3 Å². The number of benzene rings is 2. The molecule has 3 rings (SSSR count). The number of hydrogen-bond donors (Lipinski definition) is 2. The highest BCUT2D eigenvalue weighted by molar-refractivity contribution is 5.91. The Labute approximate surface area is 148 Å². The number of para-hydroxylation sites is 1. The van der Waals surface area contributed by atoms with Crippen molar-refractivity contribution >= 4 is 23.6 Å². The SMILES string of the molecule is Cc1ccccc1NC(=O)N/N=C/c1ccc(N2CCCCC2)cc1. The molecule has 0 radical (unpaired) electrons. The lowest BCUT2D eigenvalue weighted by atomic mass is 10.1. The third kappa shape index (κ3) is 4.83. The van der Waals surface area contributed by atoms with E-state index in [0.717, 1.165) is 29.9 Å². The fourth-order valence-electron chi connectivity index (χ4n) is 2.95. The summed E-state index contributed by atoms with van der Waals surface area (Å²) in [6, 6.07) is 15.5. The largest absolute Gasteiger partial charge is 0.372 e. The highest BCUT2D eigenvalue weighted by Gasteiger charge is 2.10. The van der Waals surface area contributed by atoms with Crippen molar-refractivity contribution in [2.45, 2.75) is 26.2 Å². The van der Waals surface area contributed by atoms with Gasteiger partial charge in [0.2, 0.25) is 0 Å². The Bertz CT molecular complexity index is 734. The van der Waals surface area contributed by atoms with Crippen molar-refractivity contribution in [2.75, 3.05) is 23.3 Å². The summed E-state index contributed by atoms with van der Waals surface area (Å²) in [6.07, 6.45) is 5.52. The molecule has 1 aliphatic heterocycles. The third-order valence-electron chi connectivity index (χ3n) is 4.39. The van der Waals surface area contributed by atoms with Gasteiger partial charge in [-0.05, 0) is 55.5 Å². The fourth-order valence-corrected chi connectivity index (χ4v) is 2.95. The van der Waals surface area contributed by atoms with Crippen LogP contribution in [0.5, 0.6) is 0 Å². The van der Waals surface area contributed by atoms with E-state index in [9.17, 15) is 4.79 Å². The standard InChI is InChI=1S/C20H24N4O/c1-16-7-3-4-8-19(16)22-20(25)23-21-15-17-9-11-18(12-10-17)24-13-5-2-6-14-24/h3-4,7-12,15H,2,5-6,13-14H2,1H3,(H2,22,23,25)/b21-15+. The van der Waals surface area contributed by atoms with Crippen molar-refractivity contribution in [1.82, 2.24) is 5.43 Å². The zero-order chi connectivity index (χ0) is 17.5. The maximum Gasteiger partial charge on any atom is 0.339 e. The predicted octanol–water partition coefficient (Wildman–Crippen LogP) is 4.14. The summed E-state index contributed by atoms with van der Waals surface area (Å²) in [6.45, 7) is 4.21. The van der Waals surface area contributed by atoms with Gasteiger partial charge >= 0.3 is 6.03 Å². The normalized spacial score (nSPS) is 14.5. The highest BCUT2D eigenvalue weighted by atomic mass is 16.2. The first-order chi connectivity index (χ1) is 12.2. The Kier molecular flexibility index (Phi) is 5.67. The molecule has 0 aliphatic carbocycles. The molecule has 5 nitrogen and oxygen atoms in total. The fraction of sp³-hybridized carbons (Fsp3) is 0.300. The first-order valence-corrected chi connectivity index (χ1v) is 8.73. The van der Waals surface area contributed by atoms with E-state index in [0.29, 0.717) is 0 Å². The van der Waals surface area contributed by atoms with E-state index in [1.165, 1.54) is 24.9 Å². The van der Waals surface area contributed by atoms with Gasteiger partial charge in [-0.1, -0.05) is 30.3 Å². The topological polar surface area (TPSA) is 56.7 Å². The van der Waals surface area contributed by atoms with Crippen LogP contribution in [0.15, 0.2) is 53.6 Å². The van der Waals surface area contributed by atoms with Gasteiger partial charge in [0, 0.05) is 24.5 Å². The van der Waals surface area contributed by atoms with E-state index in [1.54, 1.807) is 6.21 Å². The minimum absolute atomic E-state index is 0.351. The molecule has 2 aromatic carbocycles. The summed E-state index contributed by atoms with van der Waals surface area (Å²) in [7, 11) is 0. The maximum atomic E-state index is 11.9. The van der Waals surface area contributed by atoms with Gasteiger partial charge in [-0.25, -0.2) is 10.2 Å². The van der Waals surface area contributed by atoms with Gasteiger partial charge < -0.3 is 10.2 Å². The van der Waals surface area contributed by atoms with Gasteiger partial charge in [-0.15, -0.1) is 0 Å². The summed E-state index contributed by atoms with van der Waals surface area (Å²) in [5.41, 5.74) is 6.49. The molecule has 0 aromatic heterocycles. The second kappa shape index (κ2) is 8.33. The number of amides is 2. The molecule has 0 spiro atoms. The van der Waals surface area contributed by atoms with Crippen molar-refractivity contribution in [3.05, 3.63) is 59.7 Å². The van der Waals surface area contributed by atoms with E-state index < -0.39 is 0 Å². The summed E-state index contributed by atoms with van der Waals surface area (Å²) >= 11 is 0. The van der Waals surface area contributed by atoms with Crippen LogP contribution in [0.2, 0.25) is 0 Å². The monoisotopic (exact) mass is 336 g/mol. The molecule has 0 atom stereocenters. The zero-order valence-corrected chi connectivity index (χ0v) is 14.5. The number of piperidine rings is 1. The number of carbonyl (C=O) groups is 1. The predicted molar refractivity (Wildman–Crippen MR) is 103 cm³/mol. The average Bonchev–Trinajstić information content (AvgIpc) is 2.65. The van der Waals surface area contributed by atoms with Crippen LogP contribution in [-0.2, 0) is 0 Å². The molecule has 2 amide bonds. The number of urea groups is 1. The Morgan fingerprint density at radius 2 is 1.76 bits per heavy atom. The maximum absolute atomic E-state index is 11.9. The average molecular weight is 336 g/mol. The molecule has 2 N–H and O–H groups in total. The molecule has 25 heavy (non-hydrogen) atoms. The van der Waals surface area contributed by atoms with Gasteiger partial charge in [0.25, 0.3) is 0 Å². The smallest absolute Gasteiger partial charge is 0.339 e. The van der Waals surface area contributed by atoms with Gasteiger partial charge in [-0.2, -0.15) is 5.10 Å². The van der Waals surface area contributed by atoms with Gasteiger partial charge in [-0.3, -0.25) is 0 Å². The third-order valence-corrected chi connectivity index (χ3v) is 4.39. The lowest BCUT2D eigenvalue weighted by Crippen LogP contribution is -2.29. The van der Waals surface area contributed by atoms with E-state index in [4.69, 9.17) is 0 Å². The van der Waals surface area contributed by atoms with E-state index in [2.05, 4.69) is 32.9 Å². The van der Waals surface area contributed by atoms with Crippen LogP contribution in [0.25, 0.3) is 0 Å². The number of rotatable bonds is 4. The van der Waals surface area contributed by atoms with Crippen molar-refractivity contribution < 1.29 is 4.79 Å². The molecule has 0 bridgehead atoms. The highest BCUT2D eigenvalue weighted by Crippen LogP contribution is 2.19. The first-order valence-electron chi connectivity index (χ1n) is 8.73. The van der Waals surface area contributed by atoms with Gasteiger partial charge in [0.15, 0.2) is 0 Å². The number of anilines is 2. The summed E-state index contributed by atoms with van der Waals surface area (Å²) in [5, 5.41) is 6.79. The Hall–Kier alpha value is -2.82. The molecule has 1 aliphatic rings. The quantitative estimate of drug-likeness (QED) is 0.651. The lowest BCUT2D eigenvalue weighted by Gasteiger charge is -2.28. The van der Waals surface area contributed by atoms with Crippen LogP contribution in [0.1, 0.15) is 30.4 Å². The van der Waals surface area contributed by atoms with Crippen molar-refractivity contribution in [1.29, 1.82) is 0 Å². The summed E-state index contributed by atoms with van der Waals surface area (Å²) < 4.78 is 0. The molecular formula is C20H24N4O. The molecule has 1 heterocycles. The van der Waals surface area contributed by atoms with Crippen LogP contribution in [-0.4, -0.2) is 25.3 Å². The molecule has 130 valence electrons. The van der Waals surface area contributed by atoms with Crippen LogP contribution < -0.4 is 15.6 Å². The number of nitrogens with one attached hydrogen (secondary N) is 2. The second-order valence-corrected chi connectivity index (χ2v) is 6.28. The molecule has 0 unspecified atom stereocenters. The number of aryl methyl sites for hydroxylation is 1. The molecule has 1 saturated heterocycles. The van der Waals surface area contributed by atoms with Gasteiger partial charge in [0.05, 0.1) is 6.21 Å². The summed E-state index contributed by atoms with van der Waals surface area (Å²) in [4.78, 5) is 14.3. The van der Waals surface area contributed by atoms with Crippen LogP contribution in [0, 0.1) is 6.92 Å². The lowest BCUT2D eigenvalue weighted by molar-refractivity contribution is 0.252. The zero-order valence-electron chi connectivity index (χ0n) is 14.5. The molecule has 2 aromatic rings. The van der Waals surface area contributed by atoms with E-state index in [-0.39, 0.29) is 6.03 Å². The van der Waals surface area contributed by atoms with Crippen molar-refractivity contribution in [2.24, 2.45) is 5.10 Å². The molecule has 5 heteroatoms. The van der Waals surface area contributed by atoms with Crippen LogP contribution >= 0.6 is 0 Å². The van der Waals surface area contributed by atoms with Crippen molar-refractivity contribution in [3.63, 3.8) is 0 Å². The molecule has 0 saturated carbocycles. The first kappa shape index (κ1) is 17.0. The number of carbonyl (C=O) groups excluding carboxylic acids is 1. The van der Waals surface area contributed by atoms with E-state index >= 15 is 0 Å². The van der Waals surface area contributed by atoms with Crippen LogP contribution in [0.4, 0.5) is 16.2 Å². The minimum atomic E-state index is -0.351. The van der Waals surface area contributed by atoms with Crippen LogP contribution in [0.3, 0.4) is 0 Å². The molecule has 1 fully saturated rings. The van der Waals surface area contributed by atoms with Crippen molar-refractivity contribution in [3.8, 4) is 0 Å². The number of nitrogens with zero attached hydrogens (tertiary/aromatic N) is 2. The minimum Gasteiger partial charge on any atom is -0.372 e. The Balaban J connectivity index is 1.51. The Morgan fingerprint density at radius 1 is 1.04 bits per heavy atom. The summed E-state index contributed by atoms with van der Waals surface area (Å²) in [5.74, 6) is 0. The number of hydrazone groups is 1.